The van der Waals surface area contributed by atoms with Crippen LogP contribution in [0.1, 0.15) is 50.4 Å². The normalized spacial score (nSPS) is 25.1. The van der Waals surface area contributed by atoms with E-state index >= 15 is 0 Å². The summed E-state index contributed by atoms with van der Waals surface area (Å²) in [5.41, 5.74) is 8.75. The van der Waals surface area contributed by atoms with E-state index < -0.39 is 0 Å². The zero-order valence-electron chi connectivity index (χ0n) is 11.5. The van der Waals surface area contributed by atoms with Crippen LogP contribution in [0.15, 0.2) is 4.47 Å². The average molecular weight is 314 g/mol. The summed E-state index contributed by atoms with van der Waals surface area (Å²) in [6.45, 7) is 5.14. The lowest BCUT2D eigenvalue weighted by Crippen LogP contribution is -2.31. The molecule has 3 nitrogen and oxygen atoms in total. The molecule has 1 aliphatic rings. The van der Waals surface area contributed by atoms with Crippen LogP contribution >= 0.6 is 15.9 Å². The summed E-state index contributed by atoms with van der Waals surface area (Å²) in [7, 11) is 0. The first-order chi connectivity index (χ1) is 8.63. The van der Waals surface area contributed by atoms with Crippen molar-refractivity contribution in [3.63, 3.8) is 0 Å². The van der Waals surface area contributed by atoms with Gasteiger partial charge in [-0.1, -0.05) is 19.3 Å². The summed E-state index contributed by atoms with van der Waals surface area (Å²) >= 11 is 3.68. The summed E-state index contributed by atoms with van der Waals surface area (Å²) in [5.74, 6) is 0.616. The second kappa shape index (κ2) is 6.20. The Balaban J connectivity index is 2.16. The van der Waals surface area contributed by atoms with E-state index in [-0.39, 0.29) is 0 Å². The van der Waals surface area contributed by atoms with E-state index in [1.807, 2.05) is 0 Å². The number of hydrogen-bond acceptors (Lipinski definition) is 2. The van der Waals surface area contributed by atoms with Crippen LogP contribution in [-0.2, 0) is 13.0 Å². The van der Waals surface area contributed by atoms with Crippen LogP contribution in [0.2, 0.25) is 0 Å². The molecule has 1 aromatic heterocycles. The Kier molecular flexibility index (Phi) is 4.84. The van der Waals surface area contributed by atoms with Crippen molar-refractivity contribution in [3.8, 4) is 0 Å². The van der Waals surface area contributed by atoms with Crippen molar-refractivity contribution >= 4 is 15.9 Å². The van der Waals surface area contributed by atoms with Crippen molar-refractivity contribution in [2.45, 2.75) is 65.0 Å². The fourth-order valence-electron chi connectivity index (χ4n) is 2.98. The molecule has 18 heavy (non-hydrogen) atoms. The van der Waals surface area contributed by atoms with Gasteiger partial charge < -0.3 is 5.73 Å². The fraction of sp³-hybridized carbons (Fsp3) is 0.786. The van der Waals surface area contributed by atoms with E-state index in [1.165, 1.54) is 42.3 Å². The minimum Gasteiger partial charge on any atom is -0.327 e. The molecule has 0 aliphatic heterocycles. The lowest BCUT2D eigenvalue weighted by molar-refractivity contribution is 0.383. The number of halogens is 1. The molecular weight excluding hydrogens is 290 g/mol. The summed E-state index contributed by atoms with van der Waals surface area (Å²) in [6.07, 6.45) is 7.48. The molecule has 0 spiro atoms. The number of nitrogens with two attached hydrogens (primary N) is 1. The van der Waals surface area contributed by atoms with Gasteiger partial charge in [-0.15, -0.1) is 0 Å². The van der Waals surface area contributed by atoms with E-state index in [1.54, 1.807) is 0 Å². The van der Waals surface area contributed by atoms with Gasteiger partial charge in [-0.05, 0) is 55.0 Å². The SMILES string of the molecule is CCn1nc(C)c(Br)c1CC1CCCCCC1N. The predicted molar refractivity (Wildman–Crippen MR) is 78.6 cm³/mol. The second-order valence-electron chi connectivity index (χ2n) is 5.43. The molecule has 0 saturated heterocycles. The van der Waals surface area contributed by atoms with Gasteiger partial charge in [0.1, 0.15) is 0 Å². The lowest BCUT2D eigenvalue weighted by Gasteiger charge is -2.21. The van der Waals surface area contributed by atoms with Crippen LogP contribution in [0, 0.1) is 12.8 Å². The molecule has 0 amide bonds. The van der Waals surface area contributed by atoms with Crippen LogP contribution in [0.3, 0.4) is 0 Å². The third kappa shape index (κ3) is 2.97. The number of aryl methyl sites for hydroxylation is 2. The van der Waals surface area contributed by atoms with E-state index in [9.17, 15) is 0 Å². The quantitative estimate of drug-likeness (QED) is 0.869. The minimum absolute atomic E-state index is 0.361. The highest BCUT2D eigenvalue weighted by molar-refractivity contribution is 9.10. The molecule has 1 fully saturated rings. The standard InChI is InChI=1S/C14H24BrN3/c1-3-18-13(14(15)10(2)17-18)9-11-7-5-4-6-8-12(11)16/h11-12H,3-9,16H2,1-2H3. The Labute approximate surface area is 118 Å². The van der Waals surface area contributed by atoms with E-state index in [0.717, 1.165) is 18.7 Å². The Morgan fingerprint density at radius 1 is 1.33 bits per heavy atom. The average Bonchev–Trinajstić information content (AvgIpc) is 2.53. The summed E-state index contributed by atoms with van der Waals surface area (Å²) < 4.78 is 3.30. The molecule has 0 aromatic carbocycles. The maximum atomic E-state index is 6.33. The smallest absolute Gasteiger partial charge is 0.0738 e. The van der Waals surface area contributed by atoms with Gasteiger partial charge in [-0.3, -0.25) is 4.68 Å². The first-order valence-electron chi connectivity index (χ1n) is 7.10. The highest BCUT2D eigenvalue weighted by Crippen LogP contribution is 2.29. The monoisotopic (exact) mass is 313 g/mol. The van der Waals surface area contributed by atoms with Gasteiger partial charge >= 0.3 is 0 Å². The molecular formula is C14H24BrN3. The van der Waals surface area contributed by atoms with E-state index in [2.05, 4.69) is 39.6 Å². The molecule has 0 bridgehead atoms. The first kappa shape index (κ1) is 14.1. The van der Waals surface area contributed by atoms with E-state index in [4.69, 9.17) is 5.73 Å². The Morgan fingerprint density at radius 3 is 2.78 bits per heavy atom. The maximum absolute atomic E-state index is 6.33. The fourth-order valence-corrected chi connectivity index (χ4v) is 3.42. The van der Waals surface area contributed by atoms with Crippen molar-refractivity contribution in [2.24, 2.45) is 11.7 Å². The van der Waals surface area contributed by atoms with Gasteiger partial charge in [-0.2, -0.15) is 5.10 Å². The molecule has 0 radical (unpaired) electrons. The summed E-state index contributed by atoms with van der Waals surface area (Å²) in [5, 5.41) is 4.57. The van der Waals surface area contributed by atoms with Crippen molar-refractivity contribution < 1.29 is 0 Å². The van der Waals surface area contributed by atoms with Gasteiger partial charge in [0.15, 0.2) is 0 Å². The number of hydrogen-bond donors (Lipinski definition) is 1. The molecule has 102 valence electrons. The van der Waals surface area contributed by atoms with Crippen LogP contribution in [0.25, 0.3) is 0 Å². The number of rotatable bonds is 3. The van der Waals surface area contributed by atoms with Crippen molar-refractivity contribution in [2.75, 3.05) is 0 Å². The van der Waals surface area contributed by atoms with Gasteiger partial charge in [0.2, 0.25) is 0 Å². The molecule has 1 aliphatic carbocycles. The van der Waals surface area contributed by atoms with Gasteiger partial charge in [0, 0.05) is 12.6 Å². The van der Waals surface area contributed by atoms with E-state index in [0.29, 0.717) is 12.0 Å². The molecule has 1 aromatic rings. The van der Waals surface area contributed by atoms with Crippen molar-refractivity contribution in [1.82, 2.24) is 9.78 Å². The zero-order chi connectivity index (χ0) is 13.1. The zero-order valence-corrected chi connectivity index (χ0v) is 13.0. The van der Waals surface area contributed by atoms with Crippen LogP contribution in [0.4, 0.5) is 0 Å². The van der Waals surface area contributed by atoms with Gasteiger partial charge in [-0.25, -0.2) is 0 Å². The molecule has 2 unspecified atom stereocenters. The Hall–Kier alpha value is -0.350. The van der Waals surface area contributed by atoms with Crippen molar-refractivity contribution in [3.05, 3.63) is 15.9 Å². The molecule has 4 heteroatoms. The van der Waals surface area contributed by atoms with Gasteiger partial charge in [0.05, 0.1) is 15.9 Å². The summed E-state index contributed by atoms with van der Waals surface area (Å²) in [6, 6.07) is 0.361. The third-order valence-corrected chi connectivity index (χ3v) is 5.16. The van der Waals surface area contributed by atoms with Crippen LogP contribution < -0.4 is 5.73 Å². The maximum Gasteiger partial charge on any atom is 0.0738 e. The van der Waals surface area contributed by atoms with Crippen LogP contribution in [0.5, 0.6) is 0 Å². The van der Waals surface area contributed by atoms with Gasteiger partial charge in [0.25, 0.3) is 0 Å². The molecule has 2 N–H and O–H groups in total. The van der Waals surface area contributed by atoms with Crippen LogP contribution in [-0.4, -0.2) is 15.8 Å². The second-order valence-corrected chi connectivity index (χ2v) is 6.22. The Bertz CT molecular complexity index is 400. The van der Waals surface area contributed by atoms with Crippen molar-refractivity contribution in [1.29, 1.82) is 0 Å². The largest absolute Gasteiger partial charge is 0.327 e. The number of nitrogens with zero attached hydrogens (tertiary/aromatic N) is 2. The molecule has 1 saturated carbocycles. The summed E-state index contributed by atoms with van der Waals surface area (Å²) in [4.78, 5) is 0. The first-order valence-corrected chi connectivity index (χ1v) is 7.90. The lowest BCUT2D eigenvalue weighted by atomic mass is 9.91. The highest BCUT2D eigenvalue weighted by Gasteiger charge is 2.24. The minimum atomic E-state index is 0.361. The number of aromatic nitrogens is 2. The highest BCUT2D eigenvalue weighted by atomic mass is 79.9. The molecule has 2 rings (SSSR count). The molecule has 2 atom stereocenters. The predicted octanol–water partition coefficient (Wildman–Crippen LogP) is 3.42. The Morgan fingerprint density at radius 2 is 2.06 bits per heavy atom. The topological polar surface area (TPSA) is 43.8 Å². The third-order valence-electron chi connectivity index (χ3n) is 4.13. The molecule has 1 heterocycles.